The lowest BCUT2D eigenvalue weighted by atomic mass is 9.61. The van der Waals surface area contributed by atoms with Crippen LogP contribution in [-0.2, 0) is 4.74 Å². The minimum Gasteiger partial charge on any atom is -0.393 e. The number of allylic oxidation sites excluding steroid dienone is 3. The molecule has 0 aromatic carbocycles. The molecular formula is C28H47NO3. The monoisotopic (exact) mass is 445 g/mol. The number of hydrogen-bond donors (Lipinski definition) is 2. The van der Waals surface area contributed by atoms with Crippen molar-refractivity contribution in [1.82, 2.24) is 4.90 Å². The molecule has 0 spiro atoms. The molecule has 4 fully saturated rings. The average molecular weight is 446 g/mol. The van der Waals surface area contributed by atoms with Gasteiger partial charge in [-0.3, -0.25) is 0 Å². The van der Waals surface area contributed by atoms with E-state index in [2.05, 4.69) is 37.8 Å². The van der Waals surface area contributed by atoms with Crippen LogP contribution in [0.5, 0.6) is 0 Å². The summed E-state index contributed by atoms with van der Waals surface area (Å²) in [6.45, 7) is 10.8. The molecule has 4 aliphatic rings. The van der Waals surface area contributed by atoms with Crippen molar-refractivity contribution in [2.45, 2.75) is 103 Å². The van der Waals surface area contributed by atoms with Crippen molar-refractivity contribution in [1.29, 1.82) is 0 Å². The Morgan fingerprint density at radius 1 is 1.09 bits per heavy atom. The van der Waals surface area contributed by atoms with Gasteiger partial charge in [0.15, 0.2) is 0 Å². The fourth-order valence-corrected chi connectivity index (χ4v) is 7.91. The maximum atomic E-state index is 10.0. The Morgan fingerprint density at radius 3 is 2.56 bits per heavy atom. The van der Waals surface area contributed by atoms with Crippen molar-refractivity contribution in [3.8, 4) is 0 Å². The maximum absolute atomic E-state index is 10.0. The lowest BCUT2D eigenvalue weighted by Gasteiger charge is -2.46. The smallest absolute Gasteiger partial charge is 0.0777 e. The summed E-state index contributed by atoms with van der Waals surface area (Å²) in [5.41, 5.74) is 3.27. The van der Waals surface area contributed by atoms with Crippen LogP contribution in [0, 0.1) is 23.2 Å². The van der Waals surface area contributed by atoms with Gasteiger partial charge < -0.3 is 19.8 Å². The third kappa shape index (κ3) is 5.19. The van der Waals surface area contributed by atoms with Crippen LogP contribution in [0.2, 0.25) is 0 Å². The van der Waals surface area contributed by atoms with Gasteiger partial charge in [-0.15, -0.1) is 0 Å². The molecule has 4 rings (SSSR count). The van der Waals surface area contributed by atoms with Crippen LogP contribution in [0.3, 0.4) is 0 Å². The summed E-state index contributed by atoms with van der Waals surface area (Å²) in [7, 11) is 1.87. The van der Waals surface area contributed by atoms with Crippen LogP contribution in [0.4, 0.5) is 0 Å². The number of methoxy groups -OCH3 is 1. The quantitative estimate of drug-likeness (QED) is 0.618. The molecule has 0 aromatic heterocycles. The first-order valence-corrected chi connectivity index (χ1v) is 13.2. The number of nitrogens with zero attached hydrogens (tertiary/aromatic N) is 1. The van der Waals surface area contributed by atoms with Crippen molar-refractivity contribution >= 4 is 0 Å². The predicted octanol–water partition coefficient (Wildman–Crippen LogP) is 5.10. The summed E-state index contributed by atoms with van der Waals surface area (Å²) >= 11 is 0. The first-order valence-electron chi connectivity index (χ1n) is 13.2. The van der Waals surface area contributed by atoms with Crippen molar-refractivity contribution in [3.63, 3.8) is 0 Å². The second-order valence-corrected chi connectivity index (χ2v) is 12.1. The second kappa shape index (κ2) is 9.90. The number of rotatable bonds is 5. The molecule has 0 aromatic rings. The molecule has 182 valence electrons. The number of likely N-dealkylation sites (tertiary alicyclic amines) is 1. The fourth-order valence-electron chi connectivity index (χ4n) is 7.91. The van der Waals surface area contributed by atoms with E-state index in [1.807, 2.05) is 7.11 Å². The number of hydrogen-bond acceptors (Lipinski definition) is 4. The van der Waals surface area contributed by atoms with Crippen LogP contribution in [-0.4, -0.2) is 59.7 Å². The van der Waals surface area contributed by atoms with Gasteiger partial charge in [0.05, 0.1) is 17.8 Å². The van der Waals surface area contributed by atoms with E-state index in [4.69, 9.17) is 4.74 Å². The van der Waals surface area contributed by atoms with Crippen molar-refractivity contribution in [3.05, 3.63) is 23.3 Å². The molecule has 1 saturated heterocycles. The molecule has 0 bridgehead atoms. The van der Waals surface area contributed by atoms with Crippen molar-refractivity contribution in [2.24, 2.45) is 23.2 Å². The van der Waals surface area contributed by atoms with E-state index in [0.717, 1.165) is 25.3 Å². The predicted molar refractivity (Wildman–Crippen MR) is 130 cm³/mol. The van der Waals surface area contributed by atoms with Gasteiger partial charge in [0.2, 0.25) is 0 Å². The van der Waals surface area contributed by atoms with E-state index in [9.17, 15) is 10.2 Å². The summed E-state index contributed by atoms with van der Waals surface area (Å²) in [4.78, 5) is 2.66. The molecule has 2 unspecified atom stereocenters. The summed E-state index contributed by atoms with van der Waals surface area (Å²) < 4.78 is 5.84. The van der Waals surface area contributed by atoms with Gasteiger partial charge in [0, 0.05) is 20.2 Å². The van der Waals surface area contributed by atoms with E-state index >= 15 is 0 Å². The van der Waals surface area contributed by atoms with Crippen LogP contribution in [0.1, 0.15) is 85.0 Å². The first-order chi connectivity index (χ1) is 15.2. The van der Waals surface area contributed by atoms with Crippen LogP contribution in [0.25, 0.3) is 0 Å². The maximum Gasteiger partial charge on any atom is 0.0777 e. The molecule has 1 heterocycles. The SMILES string of the molecule is COC1(C)CCCN(CC(C)[C@H]2CC[C@H]3/C(=C/C=C4C[C@@H](O)C[C@H](O)C4)CCC[C@]23C)C1. The Morgan fingerprint density at radius 2 is 1.84 bits per heavy atom. The van der Waals surface area contributed by atoms with Gasteiger partial charge in [-0.1, -0.05) is 37.1 Å². The van der Waals surface area contributed by atoms with E-state index in [-0.39, 0.29) is 17.8 Å². The summed E-state index contributed by atoms with van der Waals surface area (Å²) in [5, 5.41) is 20.0. The third-order valence-electron chi connectivity index (χ3n) is 9.57. The zero-order chi connectivity index (χ0) is 22.9. The molecule has 3 aliphatic carbocycles. The number of aliphatic hydroxyl groups is 2. The Labute approximate surface area is 196 Å². The van der Waals surface area contributed by atoms with Gasteiger partial charge >= 0.3 is 0 Å². The van der Waals surface area contributed by atoms with Crippen molar-refractivity contribution in [2.75, 3.05) is 26.7 Å². The molecule has 0 amide bonds. The van der Waals surface area contributed by atoms with Crippen LogP contribution in [0.15, 0.2) is 23.3 Å². The number of aliphatic hydroxyl groups excluding tert-OH is 2. The zero-order valence-electron chi connectivity index (χ0n) is 21.0. The molecule has 4 heteroatoms. The highest BCUT2D eigenvalue weighted by molar-refractivity contribution is 5.26. The summed E-state index contributed by atoms with van der Waals surface area (Å²) in [6, 6.07) is 0. The van der Waals surface area contributed by atoms with E-state index in [0.29, 0.717) is 23.7 Å². The van der Waals surface area contributed by atoms with Crippen LogP contribution < -0.4 is 0 Å². The fraction of sp³-hybridized carbons (Fsp3) is 0.857. The molecule has 3 saturated carbocycles. The van der Waals surface area contributed by atoms with Gasteiger partial charge in [-0.05, 0) is 101 Å². The Bertz CT molecular complexity index is 705. The number of ether oxygens (including phenoxy) is 1. The third-order valence-corrected chi connectivity index (χ3v) is 9.57. The molecular weight excluding hydrogens is 398 g/mol. The largest absolute Gasteiger partial charge is 0.393 e. The summed E-state index contributed by atoms with van der Waals surface area (Å²) in [6.07, 6.45) is 14.8. The van der Waals surface area contributed by atoms with Gasteiger partial charge in [0.1, 0.15) is 0 Å². The molecule has 2 N–H and O–H groups in total. The van der Waals surface area contributed by atoms with E-state index < -0.39 is 0 Å². The standard InChI is InChI=1S/C28H47NO3/c1-20(18-29-14-6-12-27(2,19-29)32-4)25-10-11-26-22(7-5-13-28(25,26)3)9-8-21-15-23(30)17-24(31)16-21/h8-9,20,23-26,30-31H,5-7,10-19H2,1-4H3/b22-9+/t20?,23-,24-,25-,26+,27?,28-/m1/s1. The molecule has 1 aliphatic heterocycles. The van der Waals surface area contributed by atoms with Gasteiger partial charge in [-0.25, -0.2) is 0 Å². The van der Waals surface area contributed by atoms with Gasteiger partial charge in [0.25, 0.3) is 0 Å². The van der Waals surface area contributed by atoms with E-state index in [1.54, 1.807) is 5.57 Å². The summed E-state index contributed by atoms with van der Waals surface area (Å²) in [5.74, 6) is 2.20. The van der Waals surface area contributed by atoms with Crippen molar-refractivity contribution < 1.29 is 14.9 Å². The molecule has 7 atom stereocenters. The first kappa shape index (κ1) is 24.4. The number of piperidine rings is 1. The molecule has 0 radical (unpaired) electrons. The van der Waals surface area contributed by atoms with Gasteiger partial charge in [-0.2, -0.15) is 0 Å². The minimum absolute atomic E-state index is 0.0224. The Hall–Kier alpha value is -0.680. The Kier molecular flexibility index (Phi) is 7.56. The minimum atomic E-state index is -0.383. The second-order valence-electron chi connectivity index (χ2n) is 12.1. The Balaban J connectivity index is 1.43. The zero-order valence-corrected chi connectivity index (χ0v) is 21.0. The highest BCUT2D eigenvalue weighted by Crippen LogP contribution is 2.59. The van der Waals surface area contributed by atoms with E-state index in [1.165, 1.54) is 63.6 Å². The average Bonchev–Trinajstić information content (AvgIpc) is 3.09. The highest BCUT2D eigenvalue weighted by Gasteiger charge is 2.51. The normalized spacial score (nSPS) is 43.3. The van der Waals surface area contributed by atoms with Crippen LogP contribution >= 0.6 is 0 Å². The highest BCUT2D eigenvalue weighted by atomic mass is 16.5. The molecule has 4 nitrogen and oxygen atoms in total. The topological polar surface area (TPSA) is 52.9 Å². The molecule has 32 heavy (non-hydrogen) atoms. The lowest BCUT2D eigenvalue weighted by Crippen LogP contribution is -2.49. The lowest BCUT2D eigenvalue weighted by molar-refractivity contribution is -0.0571. The number of fused-ring (bicyclic) bond motifs is 1.